The fourth-order valence-corrected chi connectivity index (χ4v) is 0.577. The summed E-state index contributed by atoms with van der Waals surface area (Å²) >= 11 is 0. The van der Waals surface area contributed by atoms with Gasteiger partial charge in [0.15, 0.2) is 0 Å². The summed E-state index contributed by atoms with van der Waals surface area (Å²) in [6.45, 7) is 3.59. The Hall–Kier alpha value is -1.05. The SMILES string of the molecule is C=Cn1cc[n+](C)c1.[CH3-]. The van der Waals surface area contributed by atoms with E-state index in [1.165, 1.54) is 0 Å². The van der Waals surface area contributed by atoms with Gasteiger partial charge in [-0.3, -0.25) is 0 Å². The number of aryl methyl sites for hydroxylation is 1. The fraction of sp³-hybridized carbons (Fsp3) is 0.143. The van der Waals surface area contributed by atoms with Crippen molar-refractivity contribution in [1.29, 1.82) is 0 Å². The van der Waals surface area contributed by atoms with E-state index in [1.807, 2.05) is 34.9 Å². The average Bonchev–Trinajstić information content (AvgIpc) is 2.14. The third kappa shape index (κ3) is 1.72. The number of hydrogen-bond acceptors (Lipinski definition) is 0. The van der Waals surface area contributed by atoms with Crippen molar-refractivity contribution < 1.29 is 4.57 Å². The molecule has 50 valence electrons. The van der Waals surface area contributed by atoms with Crippen molar-refractivity contribution >= 4 is 6.20 Å². The molecule has 0 saturated heterocycles. The van der Waals surface area contributed by atoms with Crippen LogP contribution in [0.2, 0.25) is 0 Å². The van der Waals surface area contributed by atoms with Gasteiger partial charge >= 0.3 is 0 Å². The summed E-state index contributed by atoms with van der Waals surface area (Å²) in [7, 11) is 1.97. The number of rotatable bonds is 1. The number of aromatic nitrogens is 2. The Kier molecular flexibility index (Phi) is 2.71. The van der Waals surface area contributed by atoms with Crippen molar-refractivity contribution in [2.75, 3.05) is 0 Å². The minimum Gasteiger partial charge on any atom is -0.358 e. The zero-order valence-electron chi connectivity index (χ0n) is 5.91. The van der Waals surface area contributed by atoms with Crippen molar-refractivity contribution in [2.45, 2.75) is 0 Å². The van der Waals surface area contributed by atoms with E-state index in [9.17, 15) is 0 Å². The van der Waals surface area contributed by atoms with Gasteiger partial charge in [0.2, 0.25) is 6.33 Å². The van der Waals surface area contributed by atoms with Crippen LogP contribution in [0.5, 0.6) is 0 Å². The van der Waals surface area contributed by atoms with Crippen LogP contribution in [0.25, 0.3) is 6.20 Å². The number of imidazole rings is 1. The zero-order valence-corrected chi connectivity index (χ0v) is 5.91. The number of nitrogens with zero attached hydrogens (tertiary/aromatic N) is 2. The second-order valence-corrected chi connectivity index (χ2v) is 1.71. The molecule has 0 radical (unpaired) electrons. The molecule has 2 heteroatoms. The highest BCUT2D eigenvalue weighted by Crippen LogP contribution is 1.79. The Morgan fingerprint density at radius 3 is 2.56 bits per heavy atom. The Bertz CT molecular complexity index is 189. The molecule has 0 aliphatic rings. The molecule has 0 fully saturated rings. The lowest BCUT2D eigenvalue weighted by Gasteiger charge is -1.74. The number of hydrogen-bond donors (Lipinski definition) is 0. The first kappa shape index (κ1) is 7.95. The second-order valence-electron chi connectivity index (χ2n) is 1.71. The monoisotopic (exact) mass is 124 g/mol. The maximum Gasteiger partial charge on any atom is 0.248 e. The van der Waals surface area contributed by atoms with Crippen LogP contribution in [0.3, 0.4) is 0 Å². The molecule has 0 atom stereocenters. The topological polar surface area (TPSA) is 8.81 Å². The highest BCUT2D eigenvalue weighted by molar-refractivity contribution is 5.12. The molecule has 0 bridgehead atoms. The van der Waals surface area contributed by atoms with Gasteiger partial charge in [0.05, 0.1) is 13.2 Å². The molecule has 0 aromatic carbocycles. The first-order valence-electron chi connectivity index (χ1n) is 2.48. The average molecular weight is 124 g/mol. The molecule has 9 heavy (non-hydrogen) atoms. The molecule has 0 spiro atoms. The molecular weight excluding hydrogens is 112 g/mol. The molecular formula is C7H12N2. The van der Waals surface area contributed by atoms with Gasteiger partial charge in [0.1, 0.15) is 12.4 Å². The lowest BCUT2D eigenvalue weighted by Crippen LogP contribution is -2.23. The van der Waals surface area contributed by atoms with Gasteiger partial charge < -0.3 is 7.43 Å². The van der Waals surface area contributed by atoms with Crippen LogP contribution >= 0.6 is 0 Å². The minimum absolute atomic E-state index is 0. The van der Waals surface area contributed by atoms with Crippen molar-refractivity contribution in [3.63, 3.8) is 0 Å². The van der Waals surface area contributed by atoms with E-state index in [1.54, 1.807) is 6.20 Å². The quantitative estimate of drug-likeness (QED) is 0.388. The molecule has 0 N–H and O–H groups in total. The van der Waals surface area contributed by atoms with E-state index in [0.717, 1.165) is 0 Å². The highest BCUT2D eigenvalue weighted by atomic mass is 15.1. The van der Waals surface area contributed by atoms with E-state index in [4.69, 9.17) is 0 Å². The van der Waals surface area contributed by atoms with Crippen LogP contribution in [0.1, 0.15) is 0 Å². The zero-order chi connectivity index (χ0) is 5.98. The summed E-state index contributed by atoms with van der Waals surface area (Å²) < 4.78 is 3.85. The normalized spacial score (nSPS) is 8.11. The second kappa shape index (κ2) is 3.07. The van der Waals surface area contributed by atoms with Crippen LogP contribution in [-0.4, -0.2) is 4.57 Å². The summed E-state index contributed by atoms with van der Waals surface area (Å²) in [4.78, 5) is 0. The van der Waals surface area contributed by atoms with Crippen LogP contribution < -0.4 is 4.57 Å². The molecule has 1 aromatic rings. The van der Waals surface area contributed by atoms with Crippen molar-refractivity contribution in [3.05, 3.63) is 32.7 Å². The van der Waals surface area contributed by atoms with Gasteiger partial charge in [-0.15, -0.1) is 0 Å². The standard InChI is InChI=1S/C6H9N2.CH3/c1-3-8-5-4-7(2)6-8;/h3-6H,1H2,2H3;1H3/q+1;-1. The molecule has 0 saturated carbocycles. The first-order valence-corrected chi connectivity index (χ1v) is 2.48. The van der Waals surface area contributed by atoms with Gasteiger partial charge in [-0.05, 0) is 0 Å². The van der Waals surface area contributed by atoms with E-state index in [-0.39, 0.29) is 7.43 Å². The molecule has 0 unspecified atom stereocenters. The molecule has 1 rings (SSSR count). The van der Waals surface area contributed by atoms with Gasteiger partial charge in [0, 0.05) is 0 Å². The van der Waals surface area contributed by atoms with Gasteiger partial charge in [-0.1, -0.05) is 6.58 Å². The molecule has 2 nitrogen and oxygen atoms in total. The van der Waals surface area contributed by atoms with E-state index in [2.05, 4.69) is 6.58 Å². The summed E-state index contributed by atoms with van der Waals surface area (Å²) in [6.07, 6.45) is 7.58. The lowest BCUT2D eigenvalue weighted by atomic mass is 10.8. The summed E-state index contributed by atoms with van der Waals surface area (Å²) in [6, 6.07) is 0. The summed E-state index contributed by atoms with van der Waals surface area (Å²) in [5.74, 6) is 0. The van der Waals surface area contributed by atoms with Crippen molar-refractivity contribution in [1.82, 2.24) is 4.57 Å². The molecule has 0 aliphatic carbocycles. The maximum absolute atomic E-state index is 3.59. The third-order valence-electron chi connectivity index (χ3n) is 1.00. The summed E-state index contributed by atoms with van der Waals surface area (Å²) in [5, 5.41) is 0. The Labute approximate surface area is 56.1 Å². The fourth-order valence-electron chi connectivity index (χ4n) is 0.577. The van der Waals surface area contributed by atoms with Crippen molar-refractivity contribution in [2.24, 2.45) is 7.05 Å². The minimum atomic E-state index is 0. The predicted octanol–water partition coefficient (Wildman–Crippen LogP) is 0.863. The molecule has 1 heterocycles. The Balaban J connectivity index is 0.000000640. The van der Waals surface area contributed by atoms with Gasteiger partial charge in [0.25, 0.3) is 0 Å². The summed E-state index contributed by atoms with van der Waals surface area (Å²) in [5.41, 5.74) is 0. The van der Waals surface area contributed by atoms with E-state index < -0.39 is 0 Å². The van der Waals surface area contributed by atoms with Crippen LogP contribution in [0, 0.1) is 7.43 Å². The third-order valence-corrected chi connectivity index (χ3v) is 1.00. The van der Waals surface area contributed by atoms with Crippen LogP contribution in [0.15, 0.2) is 25.3 Å². The Morgan fingerprint density at radius 2 is 2.33 bits per heavy atom. The maximum atomic E-state index is 3.59. The largest absolute Gasteiger partial charge is 0.358 e. The van der Waals surface area contributed by atoms with E-state index in [0.29, 0.717) is 0 Å². The Morgan fingerprint density at radius 1 is 1.67 bits per heavy atom. The van der Waals surface area contributed by atoms with E-state index >= 15 is 0 Å². The molecule has 1 aromatic heterocycles. The van der Waals surface area contributed by atoms with Crippen LogP contribution in [0.4, 0.5) is 0 Å². The van der Waals surface area contributed by atoms with Crippen molar-refractivity contribution in [3.8, 4) is 0 Å². The highest BCUT2D eigenvalue weighted by Gasteiger charge is 1.90. The van der Waals surface area contributed by atoms with Crippen LogP contribution in [-0.2, 0) is 7.05 Å². The predicted molar refractivity (Wildman–Crippen MR) is 38.4 cm³/mol. The first-order chi connectivity index (χ1) is 3.83. The van der Waals surface area contributed by atoms with Gasteiger partial charge in [-0.25, -0.2) is 9.13 Å². The molecule has 0 amide bonds. The van der Waals surface area contributed by atoms with Gasteiger partial charge in [-0.2, -0.15) is 0 Å². The lowest BCUT2D eigenvalue weighted by molar-refractivity contribution is -0.670. The molecule has 0 aliphatic heterocycles. The smallest absolute Gasteiger partial charge is 0.248 e.